The van der Waals surface area contributed by atoms with Gasteiger partial charge in [0.1, 0.15) is 0 Å². The van der Waals surface area contributed by atoms with Gasteiger partial charge in [-0.25, -0.2) is 0 Å². The molecule has 2 aliphatic rings. The summed E-state index contributed by atoms with van der Waals surface area (Å²) in [6.45, 7) is 3.50. The molecule has 1 saturated carbocycles. The molecule has 0 amide bonds. The predicted molar refractivity (Wildman–Crippen MR) is 66.1 cm³/mol. The number of fused-ring (bicyclic) bond motifs is 1. The van der Waals surface area contributed by atoms with Crippen LogP contribution in [0.2, 0.25) is 0 Å². The van der Waals surface area contributed by atoms with Gasteiger partial charge in [0.25, 0.3) is 0 Å². The van der Waals surface area contributed by atoms with Crippen LogP contribution < -0.4 is 11.1 Å². The second-order valence-corrected chi connectivity index (χ2v) is 5.72. The molecule has 2 nitrogen and oxygen atoms in total. The average Bonchev–Trinajstić information content (AvgIpc) is 2.94. The van der Waals surface area contributed by atoms with Crippen molar-refractivity contribution in [2.75, 3.05) is 6.54 Å². The molecule has 2 aliphatic carbocycles. The van der Waals surface area contributed by atoms with Crippen molar-refractivity contribution in [1.82, 2.24) is 5.32 Å². The zero-order valence-corrected chi connectivity index (χ0v) is 9.87. The highest BCUT2D eigenvalue weighted by Gasteiger charge is 2.38. The van der Waals surface area contributed by atoms with Gasteiger partial charge < -0.3 is 11.1 Å². The lowest BCUT2D eigenvalue weighted by Crippen LogP contribution is -2.26. The van der Waals surface area contributed by atoms with Crippen molar-refractivity contribution < 1.29 is 0 Å². The van der Waals surface area contributed by atoms with Crippen LogP contribution in [0.1, 0.15) is 49.4 Å². The zero-order chi connectivity index (χ0) is 11.2. The Morgan fingerprint density at radius 2 is 2.00 bits per heavy atom. The summed E-state index contributed by atoms with van der Waals surface area (Å²) in [6, 6.07) is 9.29. The van der Waals surface area contributed by atoms with Crippen LogP contribution in [0.15, 0.2) is 24.3 Å². The molecule has 0 bridgehead atoms. The number of hydrogen-bond donors (Lipinski definition) is 2. The molecule has 1 aromatic rings. The third-order valence-corrected chi connectivity index (χ3v) is 4.14. The molecule has 0 heterocycles. The van der Waals surface area contributed by atoms with Crippen molar-refractivity contribution >= 4 is 0 Å². The van der Waals surface area contributed by atoms with E-state index in [4.69, 9.17) is 5.73 Å². The molecule has 1 aromatic carbocycles. The van der Waals surface area contributed by atoms with Gasteiger partial charge in [0.2, 0.25) is 0 Å². The molecule has 2 unspecified atom stereocenters. The Balaban J connectivity index is 1.73. The monoisotopic (exact) mass is 216 g/mol. The van der Waals surface area contributed by atoms with Crippen molar-refractivity contribution in [3.05, 3.63) is 35.4 Å². The summed E-state index contributed by atoms with van der Waals surface area (Å²) in [5, 5.41) is 3.69. The molecule has 3 N–H and O–H groups in total. The van der Waals surface area contributed by atoms with Gasteiger partial charge in [0, 0.05) is 18.6 Å². The van der Waals surface area contributed by atoms with Crippen LogP contribution in [0.3, 0.4) is 0 Å². The molecule has 0 radical (unpaired) electrons. The number of nitrogens with one attached hydrogen (secondary N) is 1. The first-order valence-electron chi connectivity index (χ1n) is 6.26. The topological polar surface area (TPSA) is 38.0 Å². The summed E-state index contributed by atoms with van der Waals surface area (Å²) in [7, 11) is 0. The average molecular weight is 216 g/mol. The summed E-state index contributed by atoms with van der Waals surface area (Å²) in [5.74, 6) is 0. The van der Waals surface area contributed by atoms with Crippen molar-refractivity contribution in [1.29, 1.82) is 0 Å². The van der Waals surface area contributed by atoms with E-state index in [1.54, 1.807) is 0 Å². The van der Waals surface area contributed by atoms with Gasteiger partial charge in [-0.1, -0.05) is 31.2 Å². The Morgan fingerprint density at radius 1 is 1.31 bits per heavy atom. The van der Waals surface area contributed by atoms with Gasteiger partial charge in [-0.3, -0.25) is 0 Å². The van der Waals surface area contributed by atoms with E-state index in [1.807, 2.05) is 0 Å². The second-order valence-electron chi connectivity index (χ2n) is 5.72. The summed E-state index contributed by atoms with van der Waals surface area (Å²) >= 11 is 0. The Morgan fingerprint density at radius 3 is 2.69 bits per heavy atom. The van der Waals surface area contributed by atoms with E-state index in [2.05, 4.69) is 36.5 Å². The van der Waals surface area contributed by atoms with Crippen LogP contribution in [0.5, 0.6) is 0 Å². The fourth-order valence-electron chi connectivity index (χ4n) is 2.63. The molecule has 0 aliphatic heterocycles. The van der Waals surface area contributed by atoms with E-state index in [9.17, 15) is 0 Å². The lowest BCUT2D eigenvalue weighted by atomic mass is 10.1. The standard InChI is InChI=1S/C14H20N2/c1-14(6-7-14)9-16-13-8-12(15)10-4-2-3-5-11(10)13/h2-5,12-13,16H,6-9,15H2,1H3. The van der Waals surface area contributed by atoms with E-state index >= 15 is 0 Å². The smallest absolute Gasteiger partial charge is 0.0341 e. The van der Waals surface area contributed by atoms with E-state index in [0.29, 0.717) is 11.5 Å². The maximum atomic E-state index is 6.15. The van der Waals surface area contributed by atoms with Crippen LogP contribution >= 0.6 is 0 Å². The van der Waals surface area contributed by atoms with E-state index in [0.717, 1.165) is 13.0 Å². The SMILES string of the molecule is CC1(CNC2CC(N)c3ccccc32)CC1. The Hall–Kier alpha value is -0.860. The fourth-order valence-corrected chi connectivity index (χ4v) is 2.63. The Kier molecular flexibility index (Phi) is 2.30. The van der Waals surface area contributed by atoms with Crippen molar-refractivity contribution in [2.45, 2.75) is 38.3 Å². The van der Waals surface area contributed by atoms with Crippen LogP contribution in [0.4, 0.5) is 0 Å². The van der Waals surface area contributed by atoms with E-state index in [-0.39, 0.29) is 6.04 Å². The first-order valence-corrected chi connectivity index (χ1v) is 6.26. The molecule has 3 rings (SSSR count). The van der Waals surface area contributed by atoms with Crippen molar-refractivity contribution in [3.8, 4) is 0 Å². The summed E-state index contributed by atoms with van der Waals surface area (Å²) in [6.07, 6.45) is 3.80. The molecule has 1 fully saturated rings. The molecule has 2 heteroatoms. The van der Waals surface area contributed by atoms with Crippen LogP contribution in [-0.2, 0) is 0 Å². The van der Waals surface area contributed by atoms with E-state index in [1.165, 1.54) is 24.0 Å². The Bertz CT molecular complexity index is 395. The number of rotatable bonds is 3. The highest BCUT2D eigenvalue weighted by molar-refractivity contribution is 5.37. The molecular formula is C14H20N2. The maximum absolute atomic E-state index is 6.15. The normalized spacial score (nSPS) is 30.1. The van der Waals surface area contributed by atoms with E-state index < -0.39 is 0 Å². The quantitative estimate of drug-likeness (QED) is 0.814. The third-order valence-electron chi connectivity index (χ3n) is 4.14. The third kappa shape index (κ3) is 1.76. The number of benzene rings is 1. The molecule has 16 heavy (non-hydrogen) atoms. The first kappa shape index (κ1) is 10.3. The fraction of sp³-hybridized carbons (Fsp3) is 0.571. The molecule has 0 aromatic heterocycles. The van der Waals surface area contributed by atoms with Gasteiger partial charge in [0.05, 0.1) is 0 Å². The van der Waals surface area contributed by atoms with Gasteiger partial charge in [-0.05, 0) is 35.8 Å². The summed E-state index contributed by atoms with van der Waals surface area (Å²) in [5.41, 5.74) is 9.47. The van der Waals surface area contributed by atoms with Gasteiger partial charge in [0.15, 0.2) is 0 Å². The molecular weight excluding hydrogens is 196 g/mol. The van der Waals surface area contributed by atoms with Crippen LogP contribution in [-0.4, -0.2) is 6.54 Å². The molecule has 2 atom stereocenters. The maximum Gasteiger partial charge on any atom is 0.0341 e. The lowest BCUT2D eigenvalue weighted by molar-refractivity contribution is 0.427. The Labute approximate surface area is 97.2 Å². The minimum Gasteiger partial charge on any atom is -0.324 e. The van der Waals surface area contributed by atoms with Gasteiger partial charge in [-0.15, -0.1) is 0 Å². The lowest BCUT2D eigenvalue weighted by Gasteiger charge is -2.17. The summed E-state index contributed by atoms with van der Waals surface area (Å²) < 4.78 is 0. The van der Waals surface area contributed by atoms with Gasteiger partial charge in [-0.2, -0.15) is 0 Å². The van der Waals surface area contributed by atoms with Gasteiger partial charge >= 0.3 is 0 Å². The summed E-state index contributed by atoms with van der Waals surface area (Å²) in [4.78, 5) is 0. The highest BCUT2D eigenvalue weighted by atomic mass is 15.0. The van der Waals surface area contributed by atoms with Crippen molar-refractivity contribution in [3.63, 3.8) is 0 Å². The largest absolute Gasteiger partial charge is 0.324 e. The van der Waals surface area contributed by atoms with Crippen LogP contribution in [0, 0.1) is 5.41 Å². The minimum atomic E-state index is 0.223. The molecule has 0 saturated heterocycles. The van der Waals surface area contributed by atoms with Crippen LogP contribution in [0.25, 0.3) is 0 Å². The highest BCUT2D eigenvalue weighted by Crippen LogP contribution is 2.45. The number of hydrogen-bond acceptors (Lipinski definition) is 2. The first-order chi connectivity index (χ1) is 7.68. The number of nitrogens with two attached hydrogens (primary N) is 1. The van der Waals surface area contributed by atoms with Crippen molar-refractivity contribution in [2.24, 2.45) is 11.1 Å². The molecule has 0 spiro atoms. The zero-order valence-electron chi connectivity index (χ0n) is 9.87. The predicted octanol–water partition coefficient (Wildman–Crippen LogP) is 2.52. The second kappa shape index (κ2) is 3.57. The minimum absolute atomic E-state index is 0.223. The molecule has 86 valence electrons.